The average molecular weight is 516 g/mol. The monoisotopic (exact) mass is 515 g/mol. The minimum atomic E-state index is -1.09. The molecule has 2 saturated heterocycles. The Morgan fingerprint density at radius 3 is 2.46 bits per heavy atom. The normalized spacial score (nSPS) is 23.5. The van der Waals surface area contributed by atoms with Gasteiger partial charge in [0.15, 0.2) is 0 Å². The number of carbonyl (C=O) groups excluding carboxylic acids is 3. The summed E-state index contributed by atoms with van der Waals surface area (Å²) in [4.78, 5) is 52.9. The molecule has 184 valence electrons. The van der Waals surface area contributed by atoms with E-state index in [0.29, 0.717) is 10.7 Å². The lowest BCUT2D eigenvalue weighted by molar-refractivity contribution is -0.384. The standard InChI is InChI=1S/C26H18ClN5O5/c27-15-8-10-16(11-9-15)29-24(33)23-21-20(22-19-7-2-1-4-14(19)13-28-31(22)23)25(34)30(26(21)35)17-5-3-6-18(12-17)32(36)37/h1-13,20-23H,(H,29,33)/t20-,21+,22-,23-/m0/s1. The Morgan fingerprint density at radius 1 is 0.973 bits per heavy atom. The molecule has 0 bridgehead atoms. The Morgan fingerprint density at radius 2 is 1.70 bits per heavy atom. The topological polar surface area (TPSA) is 125 Å². The summed E-state index contributed by atoms with van der Waals surface area (Å²) >= 11 is 5.96. The molecule has 0 spiro atoms. The highest BCUT2D eigenvalue weighted by Crippen LogP contribution is 2.52. The summed E-state index contributed by atoms with van der Waals surface area (Å²) in [5, 5.41) is 20.7. The van der Waals surface area contributed by atoms with Gasteiger partial charge in [-0.3, -0.25) is 29.5 Å². The third-order valence-corrected chi connectivity index (χ3v) is 7.22. The van der Waals surface area contributed by atoms with Crippen molar-refractivity contribution in [1.82, 2.24) is 5.01 Å². The van der Waals surface area contributed by atoms with Crippen LogP contribution in [0.1, 0.15) is 17.2 Å². The molecule has 11 heteroatoms. The number of rotatable bonds is 4. The Hall–Kier alpha value is -4.57. The second-order valence-electron chi connectivity index (χ2n) is 8.98. The van der Waals surface area contributed by atoms with Crippen LogP contribution in [0.4, 0.5) is 17.1 Å². The first-order chi connectivity index (χ1) is 17.8. The van der Waals surface area contributed by atoms with Gasteiger partial charge in [0.25, 0.3) is 5.69 Å². The van der Waals surface area contributed by atoms with Crippen LogP contribution in [0.3, 0.4) is 0 Å². The highest BCUT2D eigenvalue weighted by atomic mass is 35.5. The van der Waals surface area contributed by atoms with Crippen molar-refractivity contribution in [2.24, 2.45) is 16.9 Å². The third-order valence-electron chi connectivity index (χ3n) is 6.97. The second kappa shape index (κ2) is 8.52. The van der Waals surface area contributed by atoms with Crippen LogP contribution < -0.4 is 10.2 Å². The summed E-state index contributed by atoms with van der Waals surface area (Å²) in [6.07, 6.45) is 1.61. The fourth-order valence-corrected chi connectivity index (χ4v) is 5.54. The zero-order valence-electron chi connectivity index (χ0n) is 19.0. The van der Waals surface area contributed by atoms with Crippen molar-refractivity contribution in [3.05, 3.63) is 99.1 Å². The van der Waals surface area contributed by atoms with E-state index in [0.717, 1.165) is 16.0 Å². The number of amides is 3. The van der Waals surface area contributed by atoms with Gasteiger partial charge in [-0.25, -0.2) is 4.90 Å². The summed E-state index contributed by atoms with van der Waals surface area (Å²) in [7, 11) is 0. The number of non-ortho nitro benzene ring substituents is 1. The van der Waals surface area contributed by atoms with E-state index in [1.54, 1.807) is 30.5 Å². The van der Waals surface area contributed by atoms with Crippen molar-refractivity contribution < 1.29 is 19.3 Å². The van der Waals surface area contributed by atoms with Crippen molar-refractivity contribution >= 4 is 52.6 Å². The van der Waals surface area contributed by atoms with Gasteiger partial charge in [-0.2, -0.15) is 5.10 Å². The molecule has 2 fully saturated rings. The lowest BCUT2D eigenvalue weighted by Gasteiger charge is -2.33. The molecule has 6 rings (SSSR count). The summed E-state index contributed by atoms with van der Waals surface area (Å²) in [6.45, 7) is 0. The Balaban J connectivity index is 1.44. The number of nitrogens with one attached hydrogen (secondary N) is 1. The number of nitrogens with zero attached hydrogens (tertiary/aromatic N) is 4. The van der Waals surface area contributed by atoms with Crippen LogP contribution in [0.25, 0.3) is 0 Å². The zero-order chi connectivity index (χ0) is 25.8. The molecule has 0 radical (unpaired) electrons. The van der Waals surface area contributed by atoms with Crippen LogP contribution in [-0.4, -0.2) is 39.9 Å². The van der Waals surface area contributed by atoms with Gasteiger partial charge in [-0.1, -0.05) is 41.9 Å². The largest absolute Gasteiger partial charge is 0.324 e. The lowest BCUT2D eigenvalue weighted by atomic mass is 9.85. The van der Waals surface area contributed by atoms with Crippen LogP contribution in [0.2, 0.25) is 5.02 Å². The molecule has 3 aliphatic rings. The number of hydrogen-bond donors (Lipinski definition) is 1. The maximum absolute atomic E-state index is 13.8. The quantitative estimate of drug-likeness (QED) is 0.320. The number of hydrogen-bond acceptors (Lipinski definition) is 7. The second-order valence-corrected chi connectivity index (χ2v) is 9.42. The minimum absolute atomic E-state index is 0.0922. The first-order valence-electron chi connectivity index (χ1n) is 11.4. The zero-order valence-corrected chi connectivity index (χ0v) is 19.8. The SMILES string of the molecule is O=C(Nc1ccc(Cl)cc1)[C@@H]1[C@@H]2C(=O)N(c3cccc([N+](=O)[O-])c3)C(=O)[C@@H]2[C@@H]2c3ccccc3C=NN12. The fraction of sp³-hybridized carbons (Fsp3) is 0.154. The molecule has 3 aromatic carbocycles. The van der Waals surface area contributed by atoms with Gasteiger partial charge >= 0.3 is 0 Å². The van der Waals surface area contributed by atoms with Gasteiger partial charge in [0.1, 0.15) is 6.04 Å². The molecule has 37 heavy (non-hydrogen) atoms. The van der Waals surface area contributed by atoms with E-state index >= 15 is 0 Å². The summed E-state index contributed by atoms with van der Waals surface area (Å²) in [6, 6.07) is 17.5. The van der Waals surface area contributed by atoms with Crippen molar-refractivity contribution in [2.45, 2.75) is 12.1 Å². The average Bonchev–Trinajstić information content (AvgIpc) is 3.38. The van der Waals surface area contributed by atoms with Crippen molar-refractivity contribution in [3.63, 3.8) is 0 Å². The molecule has 3 amide bonds. The molecule has 0 saturated carbocycles. The van der Waals surface area contributed by atoms with Crippen molar-refractivity contribution in [1.29, 1.82) is 0 Å². The van der Waals surface area contributed by atoms with Crippen LogP contribution >= 0.6 is 11.6 Å². The van der Waals surface area contributed by atoms with Gasteiger partial charge in [0, 0.05) is 22.8 Å². The Bertz CT molecular complexity index is 1510. The van der Waals surface area contributed by atoms with Crippen LogP contribution in [-0.2, 0) is 14.4 Å². The van der Waals surface area contributed by atoms with E-state index in [-0.39, 0.29) is 11.4 Å². The molecule has 1 N–H and O–H groups in total. The van der Waals surface area contributed by atoms with Gasteiger partial charge < -0.3 is 5.32 Å². The molecular formula is C26H18ClN5O5. The van der Waals surface area contributed by atoms with Crippen molar-refractivity contribution in [3.8, 4) is 0 Å². The van der Waals surface area contributed by atoms with Gasteiger partial charge in [0.2, 0.25) is 17.7 Å². The maximum atomic E-state index is 13.8. The van der Waals surface area contributed by atoms with Crippen LogP contribution in [0, 0.1) is 22.0 Å². The predicted octanol–water partition coefficient (Wildman–Crippen LogP) is 3.77. The van der Waals surface area contributed by atoms with E-state index in [4.69, 9.17) is 11.6 Å². The van der Waals surface area contributed by atoms with Crippen LogP contribution in [0.5, 0.6) is 0 Å². The summed E-state index contributed by atoms with van der Waals surface area (Å²) in [5.41, 5.74) is 1.88. The Kier molecular flexibility index (Phi) is 5.27. The number of benzene rings is 3. The molecule has 3 aliphatic heterocycles. The highest BCUT2D eigenvalue weighted by Gasteiger charge is 2.65. The molecule has 0 unspecified atom stereocenters. The molecule has 3 heterocycles. The van der Waals surface area contributed by atoms with Gasteiger partial charge in [0.05, 0.1) is 34.7 Å². The molecule has 10 nitrogen and oxygen atoms in total. The number of fused-ring (bicyclic) bond motifs is 5. The van der Waals surface area contributed by atoms with Gasteiger partial charge in [-0.05, 0) is 41.5 Å². The number of anilines is 2. The fourth-order valence-electron chi connectivity index (χ4n) is 5.42. The maximum Gasteiger partial charge on any atom is 0.271 e. The molecule has 4 atom stereocenters. The summed E-state index contributed by atoms with van der Waals surface area (Å²) < 4.78 is 0. The van der Waals surface area contributed by atoms with E-state index in [9.17, 15) is 24.5 Å². The lowest BCUT2D eigenvalue weighted by Crippen LogP contribution is -2.46. The van der Waals surface area contributed by atoms with E-state index < -0.39 is 46.6 Å². The highest BCUT2D eigenvalue weighted by molar-refractivity contribution is 6.30. The van der Waals surface area contributed by atoms with Crippen LogP contribution in [0.15, 0.2) is 77.9 Å². The van der Waals surface area contributed by atoms with E-state index in [1.165, 1.54) is 29.3 Å². The molecule has 0 aromatic heterocycles. The smallest absolute Gasteiger partial charge is 0.271 e. The number of hydrazone groups is 1. The number of nitro benzene ring substituents is 1. The first-order valence-corrected chi connectivity index (χ1v) is 11.8. The molecular weight excluding hydrogens is 498 g/mol. The number of halogens is 1. The van der Waals surface area contributed by atoms with Gasteiger partial charge in [-0.15, -0.1) is 0 Å². The predicted molar refractivity (Wildman–Crippen MR) is 135 cm³/mol. The molecule has 0 aliphatic carbocycles. The molecule has 3 aromatic rings. The minimum Gasteiger partial charge on any atom is -0.324 e. The summed E-state index contributed by atoms with van der Waals surface area (Å²) in [5.74, 6) is -3.59. The van der Waals surface area contributed by atoms with E-state index in [2.05, 4.69) is 10.4 Å². The number of imide groups is 1. The van der Waals surface area contributed by atoms with Crippen molar-refractivity contribution in [2.75, 3.05) is 10.2 Å². The number of nitro groups is 1. The number of carbonyl (C=O) groups is 3. The first kappa shape index (κ1) is 22.9. The van der Waals surface area contributed by atoms with E-state index in [1.807, 2.05) is 24.3 Å². The Labute approximate surface area is 215 Å². The third kappa shape index (κ3) is 3.56.